The molecule has 1 aromatic heterocycles. The third-order valence-electron chi connectivity index (χ3n) is 0.665. The number of hydrogen-bond acceptors (Lipinski definition) is 5. The third-order valence-corrected chi connectivity index (χ3v) is 1.84. The van der Waals surface area contributed by atoms with Gasteiger partial charge in [0.25, 0.3) is 0 Å². The molecule has 0 aliphatic carbocycles. The Kier molecular flexibility index (Phi) is 1.68. The minimum Gasteiger partial charge on any atom is -0.477 e. The van der Waals surface area contributed by atoms with Gasteiger partial charge in [-0.15, -0.1) is 17.7 Å². The summed E-state index contributed by atoms with van der Waals surface area (Å²) in [4.78, 5) is 10.2. The van der Waals surface area contributed by atoms with Gasteiger partial charge in [-0.25, -0.2) is 4.79 Å². The van der Waals surface area contributed by atoms with Crippen LogP contribution in [0.5, 0.6) is 0 Å². The lowest BCUT2D eigenvalue weighted by Crippen LogP contribution is -1.92. The quantitative estimate of drug-likeness (QED) is 0.591. The highest BCUT2D eigenvalue weighted by Gasteiger charge is 2.10. The predicted molar refractivity (Wildman–Crippen MR) is 34.1 cm³/mol. The summed E-state index contributed by atoms with van der Waals surface area (Å²) < 4.78 is 3.38. The molecule has 0 saturated heterocycles. The van der Waals surface area contributed by atoms with Gasteiger partial charge in [-0.05, 0) is 11.5 Å². The molecular weight excluding hydrogens is 160 g/mol. The van der Waals surface area contributed by atoms with Crippen molar-refractivity contribution in [3.63, 3.8) is 0 Å². The maximum absolute atomic E-state index is 10.2. The van der Waals surface area contributed by atoms with Crippen LogP contribution in [0.4, 0.5) is 0 Å². The molecule has 0 radical (unpaired) electrons. The number of hydrogen-bond donors (Lipinski definition) is 2. The highest BCUT2D eigenvalue weighted by Crippen LogP contribution is 2.12. The standard InChI is InChI=1S/C3H2N2O2S2/c6-3(7)1-2(8)4-5-9-1/h8H,(H,6,7). The van der Waals surface area contributed by atoms with Crippen molar-refractivity contribution in [3.05, 3.63) is 4.88 Å². The zero-order valence-electron chi connectivity index (χ0n) is 4.11. The summed E-state index contributed by atoms with van der Waals surface area (Å²) in [7, 11) is 0. The summed E-state index contributed by atoms with van der Waals surface area (Å²) in [6.07, 6.45) is 0. The molecule has 4 nitrogen and oxygen atoms in total. The Morgan fingerprint density at radius 1 is 1.78 bits per heavy atom. The fourth-order valence-corrected chi connectivity index (χ4v) is 1.05. The van der Waals surface area contributed by atoms with Crippen molar-refractivity contribution in [1.29, 1.82) is 0 Å². The molecule has 1 heterocycles. The molecular formula is C3H2N2O2S2. The van der Waals surface area contributed by atoms with Gasteiger partial charge in [0, 0.05) is 0 Å². The highest BCUT2D eigenvalue weighted by molar-refractivity contribution is 7.80. The Labute approximate surface area is 60.1 Å². The van der Waals surface area contributed by atoms with Crippen LogP contribution in [0.1, 0.15) is 9.67 Å². The number of carboxylic acids is 1. The molecule has 9 heavy (non-hydrogen) atoms. The van der Waals surface area contributed by atoms with Gasteiger partial charge >= 0.3 is 5.97 Å². The summed E-state index contributed by atoms with van der Waals surface area (Å²) in [5.74, 6) is -1.03. The van der Waals surface area contributed by atoms with Gasteiger partial charge in [-0.3, -0.25) is 0 Å². The van der Waals surface area contributed by atoms with E-state index in [2.05, 4.69) is 22.2 Å². The smallest absolute Gasteiger partial charge is 0.350 e. The van der Waals surface area contributed by atoms with Crippen LogP contribution in [0.15, 0.2) is 5.03 Å². The molecule has 0 unspecified atom stereocenters. The fraction of sp³-hybridized carbons (Fsp3) is 0. The van der Waals surface area contributed by atoms with Gasteiger partial charge in [-0.2, -0.15) is 0 Å². The highest BCUT2D eigenvalue weighted by atomic mass is 32.1. The minimum atomic E-state index is -1.03. The largest absolute Gasteiger partial charge is 0.477 e. The molecule has 0 aliphatic rings. The number of carbonyl (C=O) groups is 1. The van der Waals surface area contributed by atoms with Crippen molar-refractivity contribution < 1.29 is 9.90 Å². The average molecular weight is 162 g/mol. The molecule has 0 spiro atoms. The van der Waals surface area contributed by atoms with E-state index in [1.54, 1.807) is 0 Å². The summed E-state index contributed by atoms with van der Waals surface area (Å²) in [6, 6.07) is 0. The Hall–Kier alpha value is -0.620. The van der Waals surface area contributed by atoms with Gasteiger partial charge in [0.1, 0.15) is 5.03 Å². The van der Waals surface area contributed by atoms with Gasteiger partial charge < -0.3 is 5.11 Å². The van der Waals surface area contributed by atoms with Gasteiger partial charge in [0.05, 0.1) is 0 Å². The molecule has 0 fully saturated rings. The Morgan fingerprint density at radius 2 is 2.44 bits per heavy atom. The molecule has 0 aliphatic heterocycles. The van der Waals surface area contributed by atoms with Crippen molar-refractivity contribution in [2.24, 2.45) is 0 Å². The molecule has 1 rings (SSSR count). The first-order valence-corrected chi connectivity index (χ1v) is 3.18. The van der Waals surface area contributed by atoms with E-state index in [0.29, 0.717) is 0 Å². The van der Waals surface area contributed by atoms with Crippen LogP contribution >= 0.6 is 24.2 Å². The summed E-state index contributed by atoms with van der Waals surface area (Å²) in [5.41, 5.74) is 0. The van der Waals surface area contributed by atoms with Crippen molar-refractivity contribution in [2.75, 3.05) is 0 Å². The van der Waals surface area contributed by atoms with E-state index in [-0.39, 0.29) is 9.90 Å². The zero-order chi connectivity index (χ0) is 6.85. The van der Waals surface area contributed by atoms with Crippen LogP contribution in [0, 0.1) is 0 Å². The second-order valence-corrected chi connectivity index (χ2v) is 2.41. The molecule has 0 saturated carbocycles. The predicted octanol–water partition coefficient (Wildman–Crippen LogP) is 0.525. The normalized spacial score (nSPS) is 9.44. The summed E-state index contributed by atoms with van der Waals surface area (Å²) in [5, 5.41) is 11.9. The molecule has 1 aromatic rings. The van der Waals surface area contributed by atoms with Crippen molar-refractivity contribution >= 4 is 30.1 Å². The minimum absolute atomic E-state index is 0.0818. The van der Waals surface area contributed by atoms with E-state index in [4.69, 9.17) is 5.11 Å². The molecule has 0 atom stereocenters. The molecule has 48 valence electrons. The van der Waals surface area contributed by atoms with E-state index in [1.165, 1.54) is 0 Å². The van der Waals surface area contributed by atoms with Crippen LogP contribution in [-0.2, 0) is 0 Å². The zero-order valence-corrected chi connectivity index (χ0v) is 5.82. The van der Waals surface area contributed by atoms with Crippen LogP contribution < -0.4 is 0 Å². The first-order chi connectivity index (χ1) is 4.22. The first kappa shape index (κ1) is 6.50. The van der Waals surface area contributed by atoms with Gasteiger partial charge in [0.2, 0.25) is 0 Å². The van der Waals surface area contributed by atoms with Crippen LogP contribution in [0.2, 0.25) is 0 Å². The lowest BCUT2D eigenvalue weighted by molar-refractivity contribution is 0.0698. The van der Waals surface area contributed by atoms with Crippen LogP contribution in [0.25, 0.3) is 0 Å². The molecule has 0 aromatic carbocycles. The number of nitrogens with zero attached hydrogens (tertiary/aromatic N) is 2. The Balaban J connectivity index is 3.08. The average Bonchev–Trinajstić information content (AvgIpc) is 2.13. The number of rotatable bonds is 1. The van der Waals surface area contributed by atoms with E-state index in [9.17, 15) is 4.79 Å². The van der Waals surface area contributed by atoms with E-state index in [1.807, 2.05) is 0 Å². The Morgan fingerprint density at radius 3 is 2.67 bits per heavy atom. The maximum Gasteiger partial charge on any atom is 0.350 e. The summed E-state index contributed by atoms with van der Waals surface area (Å²) >= 11 is 4.56. The topological polar surface area (TPSA) is 63.1 Å². The van der Waals surface area contributed by atoms with E-state index < -0.39 is 5.97 Å². The van der Waals surface area contributed by atoms with Crippen molar-refractivity contribution in [2.45, 2.75) is 5.03 Å². The lowest BCUT2D eigenvalue weighted by atomic mass is 10.6. The SMILES string of the molecule is O=C(O)c1snnc1S. The second-order valence-electron chi connectivity index (χ2n) is 1.23. The second kappa shape index (κ2) is 2.32. The van der Waals surface area contributed by atoms with Crippen LogP contribution in [-0.4, -0.2) is 20.7 Å². The first-order valence-electron chi connectivity index (χ1n) is 1.96. The Bertz CT molecular complexity index is 233. The monoisotopic (exact) mass is 162 g/mol. The van der Waals surface area contributed by atoms with E-state index >= 15 is 0 Å². The fourth-order valence-electron chi connectivity index (χ4n) is 0.321. The van der Waals surface area contributed by atoms with Crippen molar-refractivity contribution in [3.8, 4) is 0 Å². The number of aromatic nitrogens is 2. The number of aromatic carboxylic acids is 1. The van der Waals surface area contributed by atoms with Crippen molar-refractivity contribution in [1.82, 2.24) is 9.59 Å². The lowest BCUT2D eigenvalue weighted by Gasteiger charge is -1.81. The molecule has 0 amide bonds. The van der Waals surface area contributed by atoms with E-state index in [0.717, 1.165) is 11.5 Å². The van der Waals surface area contributed by atoms with Gasteiger partial charge in [0.15, 0.2) is 4.88 Å². The molecule has 6 heteroatoms. The number of carboxylic acid groups (broad SMARTS) is 1. The number of thiol groups is 1. The molecule has 1 N–H and O–H groups in total. The summed E-state index contributed by atoms with van der Waals surface area (Å²) in [6.45, 7) is 0. The maximum atomic E-state index is 10.2. The third kappa shape index (κ3) is 1.19. The van der Waals surface area contributed by atoms with Crippen LogP contribution in [0.3, 0.4) is 0 Å². The van der Waals surface area contributed by atoms with Gasteiger partial charge in [-0.1, -0.05) is 4.49 Å². The molecule has 0 bridgehead atoms.